The Balaban J connectivity index is 2.30. The summed E-state index contributed by atoms with van der Waals surface area (Å²) in [5.41, 5.74) is 1.11. The molecule has 1 aromatic heterocycles. The van der Waals surface area contributed by atoms with Crippen LogP contribution >= 0.6 is 0 Å². The second-order valence-electron chi connectivity index (χ2n) is 4.31. The van der Waals surface area contributed by atoms with Crippen molar-refractivity contribution in [2.45, 2.75) is 25.9 Å². The highest BCUT2D eigenvalue weighted by molar-refractivity contribution is 5.78. The van der Waals surface area contributed by atoms with Gasteiger partial charge in [-0.2, -0.15) is 0 Å². The number of hydrogen-bond donors (Lipinski definition) is 2. The van der Waals surface area contributed by atoms with Gasteiger partial charge in [-0.05, 0) is 31.5 Å². The molecular weight excluding hydrogens is 230 g/mol. The summed E-state index contributed by atoms with van der Waals surface area (Å²) < 4.78 is 4.96. The van der Waals surface area contributed by atoms with E-state index >= 15 is 0 Å². The molecule has 0 saturated heterocycles. The maximum atomic E-state index is 11.6. The fraction of sp³-hybridized carbons (Fsp3) is 0.538. The zero-order valence-electron chi connectivity index (χ0n) is 11.1. The molecule has 1 unspecified atom stereocenters. The Morgan fingerprint density at radius 2 is 2.06 bits per heavy atom. The van der Waals surface area contributed by atoms with E-state index in [9.17, 15) is 4.79 Å². The minimum Gasteiger partial charge on any atom is -0.383 e. The summed E-state index contributed by atoms with van der Waals surface area (Å²) in [6.45, 7) is 4.73. The monoisotopic (exact) mass is 251 g/mol. The van der Waals surface area contributed by atoms with Crippen molar-refractivity contribution >= 4 is 5.91 Å². The normalized spacial score (nSPS) is 13.9. The third-order valence-corrected chi connectivity index (χ3v) is 2.60. The van der Waals surface area contributed by atoms with Crippen molar-refractivity contribution in [3.05, 3.63) is 30.1 Å². The van der Waals surface area contributed by atoms with Crippen molar-refractivity contribution in [3.8, 4) is 0 Å². The molecule has 100 valence electrons. The molecule has 5 heteroatoms. The van der Waals surface area contributed by atoms with Crippen LogP contribution in [0.1, 0.15) is 25.5 Å². The molecule has 0 saturated carbocycles. The Morgan fingerprint density at radius 3 is 2.67 bits per heavy atom. The smallest absolute Gasteiger partial charge is 0.234 e. The summed E-state index contributed by atoms with van der Waals surface area (Å²) in [6, 6.07) is 4.02. The minimum atomic E-state index is -0.0274. The summed E-state index contributed by atoms with van der Waals surface area (Å²) in [7, 11) is 1.62. The van der Waals surface area contributed by atoms with Crippen LogP contribution in [0.3, 0.4) is 0 Å². The third kappa shape index (κ3) is 5.25. The van der Waals surface area contributed by atoms with Crippen LogP contribution in [-0.2, 0) is 9.53 Å². The number of rotatable bonds is 7. The molecular formula is C13H21N3O2. The van der Waals surface area contributed by atoms with Crippen LogP contribution in [0.25, 0.3) is 0 Å². The van der Waals surface area contributed by atoms with Crippen molar-refractivity contribution < 1.29 is 9.53 Å². The van der Waals surface area contributed by atoms with Gasteiger partial charge in [0.15, 0.2) is 0 Å². The van der Waals surface area contributed by atoms with Crippen molar-refractivity contribution in [3.63, 3.8) is 0 Å². The van der Waals surface area contributed by atoms with E-state index in [1.165, 1.54) is 0 Å². The summed E-state index contributed by atoms with van der Waals surface area (Å²) in [5.74, 6) is -0.0274. The number of nitrogens with one attached hydrogen (secondary N) is 2. The molecule has 0 radical (unpaired) electrons. The number of methoxy groups -OCH3 is 1. The molecule has 18 heavy (non-hydrogen) atoms. The predicted octanol–water partition coefficient (Wildman–Crippen LogP) is 0.883. The summed E-state index contributed by atoms with van der Waals surface area (Å²) in [6.07, 6.45) is 3.49. The van der Waals surface area contributed by atoms with Crippen molar-refractivity contribution in [1.82, 2.24) is 15.6 Å². The van der Waals surface area contributed by atoms with Gasteiger partial charge >= 0.3 is 0 Å². The number of hydrogen-bond acceptors (Lipinski definition) is 4. The molecule has 0 aliphatic carbocycles. The number of carbonyl (C=O) groups is 1. The highest BCUT2D eigenvalue weighted by Gasteiger charge is 2.09. The number of aromatic nitrogens is 1. The van der Waals surface area contributed by atoms with Crippen LogP contribution in [0, 0.1) is 0 Å². The molecule has 5 nitrogen and oxygen atoms in total. The summed E-state index contributed by atoms with van der Waals surface area (Å²) in [5, 5.41) is 6.01. The van der Waals surface area contributed by atoms with Crippen LogP contribution < -0.4 is 10.6 Å². The van der Waals surface area contributed by atoms with E-state index in [0.717, 1.165) is 5.56 Å². The molecule has 2 atom stereocenters. The van der Waals surface area contributed by atoms with Gasteiger partial charge in [-0.15, -0.1) is 0 Å². The average Bonchev–Trinajstić information content (AvgIpc) is 2.37. The topological polar surface area (TPSA) is 63.2 Å². The average molecular weight is 251 g/mol. The first-order valence-corrected chi connectivity index (χ1v) is 6.05. The summed E-state index contributed by atoms with van der Waals surface area (Å²) >= 11 is 0. The van der Waals surface area contributed by atoms with E-state index in [4.69, 9.17) is 4.74 Å². The predicted molar refractivity (Wildman–Crippen MR) is 70.1 cm³/mol. The maximum absolute atomic E-state index is 11.6. The quantitative estimate of drug-likeness (QED) is 0.755. The van der Waals surface area contributed by atoms with Gasteiger partial charge in [-0.1, -0.05) is 0 Å². The lowest BCUT2D eigenvalue weighted by Crippen LogP contribution is -2.41. The second kappa shape index (κ2) is 7.79. The number of pyridine rings is 1. The molecule has 0 aliphatic heterocycles. The molecule has 0 aromatic carbocycles. The van der Waals surface area contributed by atoms with E-state index < -0.39 is 0 Å². The van der Waals surface area contributed by atoms with Crippen LogP contribution in [0.15, 0.2) is 24.5 Å². The first-order chi connectivity index (χ1) is 8.63. The van der Waals surface area contributed by atoms with E-state index in [0.29, 0.717) is 6.61 Å². The van der Waals surface area contributed by atoms with E-state index in [1.54, 1.807) is 19.5 Å². The number of carbonyl (C=O) groups excluding carboxylic acids is 1. The maximum Gasteiger partial charge on any atom is 0.234 e. The number of amides is 1. The van der Waals surface area contributed by atoms with Gasteiger partial charge in [0.05, 0.1) is 13.2 Å². The molecule has 0 fully saturated rings. The van der Waals surface area contributed by atoms with E-state index in [2.05, 4.69) is 15.6 Å². The Hall–Kier alpha value is -1.46. The van der Waals surface area contributed by atoms with Gasteiger partial charge in [-0.25, -0.2) is 0 Å². The fourth-order valence-electron chi connectivity index (χ4n) is 1.63. The molecule has 2 N–H and O–H groups in total. The van der Waals surface area contributed by atoms with Gasteiger partial charge in [0, 0.05) is 31.6 Å². The van der Waals surface area contributed by atoms with Crippen molar-refractivity contribution in [2.24, 2.45) is 0 Å². The van der Waals surface area contributed by atoms with E-state index in [-0.39, 0.29) is 24.5 Å². The zero-order chi connectivity index (χ0) is 13.4. The van der Waals surface area contributed by atoms with Crippen LogP contribution in [-0.4, -0.2) is 37.2 Å². The minimum absolute atomic E-state index is 0.0274. The number of nitrogens with zero attached hydrogens (tertiary/aromatic N) is 1. The third-order valence-electron chi connectivity index (χ3n) is 2.60. The lowest BCUT2D eigenvalue weighted by molar-refractivity contribution is -0.121. The van der Waals surface area contributed by atoms with Gasteiger partial charge in [0.25, 0.3) is 0 Å². The standard InChI is InChI=1S/C13H21N3O2/c1-10(9-18-3)16-13(17)8-15-11(2)12-4-6-14-7-5-12/h4-7,10-11,15H,8-9H2,1-3H3,(H,16,17)/t10?,11-/m0/s1. The van der Waals surface area contributed by atoms with Crippen molar-refractivity contribution in [1.29, 1.82) is 0 Å². The lowest BCUT2D eigenvalue weighted by atomic mass is 10.1. The van der Waals surface area contributed by atoms with Gasteiger partial charge < -0.3 is 15.4 Å². The fourth-order valence-corrected chi connectivity index (χ4v) is 1.63. The van der Waals surface area contributed by atoms with Gasteiger partial charge in [-0.3, -0.25) is 9.78 Å². The Kier molecular flexibility index (Phi) is 6.32. The molecule has 0 aliphatic rings. The van der Waals surface area contributed by atoms with Crippen LogP contribution in [0.2, 0.25) is 0 Å². The molecule has 1 rings (SSSR count). The van der Waals surface area contributed by atoms with Gasteiger partial charge in [0.2, 0.25) is 5.91 Å². The molecule has 1 heterocycles. The first kappa shape index (κ1) is 14.6. The Labute approximate surface area is 108 Å². The highest BCUT2D eigenvalue weighted by atomic mass is 16.5. The van der Waals surface area contributed by atoms with Gasteiger partial charge in [0.1, 0.15) is 0 Å². The molecule has 0 spiro atoms. The van der Waals surface area contributed by atoms with E-state index in [1.807, 2.05) is 26.0 Å². The zero-order valence-corrected chi connectivity index (χ0v) is 11.1. The number of ether oxygens (including phenoxy) is 1. The molecule has 0 bridgehead atoms. The second-order valence-corrected chi connectivity index (χ2v) is 4.31. The molecule has 1 aromatic rings. The SMILES string of the molecule is COCC(C)NC(=O)CN[C@@H](C)c1ccncc1. The molecule has 1 amide bonds. The largest absolute Gasteiger partial charge is 0.383 e. The lowest BCUT2D eigenvalue weighted by Gasteiger charge is -2.16. The Morgan fingerprint density at radius 1 is 1.39 bits per heavy atom. The first-order valence-electron chi connectivity index (χ1n) is 6.05. The van der Waals surface area contributed by atoms with Crippen LogP contribution in [0.4, 0.5) is 0 Å². The van der Waals surface area contributed by atoms with Crippen molar-refractivity contribution in [2.75, 3.05) is 20.3 Å². The highest BCUT2D eigenvalue weighted by Crippen LogP contribution is 2.09. The summed E-state index contributed by atoms with van der Waals surface area (Å²) in [4.78, 5) is 15.6. The Bertz CT molecular complexity index is 357. The van der Waals surface area contributed by atoms with Crippen LogP contribution in [0.5, 0.6) is 0 Å².